The Labute approximate surface area is 116 Å². The summed E-state index contributed by atoms with van der Waals surface area (Å²) in [6.07, 6.45) is 0. The van der Waals surface area contributed by atoms with E-state index in [0.717, 1.165) is 0 Å². The summed E-state index contributed by atoms with van der Waals surface area (Å²) < 4.78 is 15.0. The standard InChI is InChI=1S/C12H15ClN2O4/c1-17-9-5-7(12(16)19-3)4-8(11(9)18-2)15-10(14)6-13/h4-5H,6H2,1-3H3,(H2,14,15). The molecular weight excluding hydrogens is 272 g/mol. The molecule has 1 rings (SSSR count). The third-order valence-electron chi connectivity index (χ3n) is 2.28. The van der Waals surface area contributed by atoms with E-state index in [9.17, 15) is 4.79 Å². The number of rotatable bonds is 5. The first-order chi connectivity index (χ1) is 9.07. The van der Waals surface area contributed by atoms with Crippen LogP contribution < -0.4 is 15.2 Å². The number of methoxy groups -OCH3 is 3. The quantitative estimate of drug-likeness (QED) is 0.386. The largest absolute Gasteiger partial charge is 0.493 e. The number of ether oxygens (including phenoxy) is 3. The summed E-state index contributed by atoms with van der Waals surface area (Å²) >= 11 is 5.58. The highest BCUT2D eigenvalue weighted by molar-refractivity contribution is 6.28. The SMILES string of the molecule is COC(=O)c1cc(N=C(N)CCl)c(OC)c(OC)c1. The zero-order valence-corrected chi connectivity index (χ0v) is 11.7. The lowest BCUT2D eigenvalue weighted by Gasteiger charge is -2.12. The van der Waals surface area contributed by atoms with Crippen LogP contribution in [0, 0.1) is 0 Å². The molecule has 0 aromatic heterocycles. The lowest BCUT2D eigenvalue weighted by atomic mass is 10.1. The molecule has 0 saturated heterocycles. The van der Waals surface area contributed by atoms with Crippen LogP contribution in [-0.4, -0.2) is 39.0 Å². The van der Waals surface area contributed by atoms with Gasteiger partial charge in [-0.05, 0) is 12.1 Å². The molecule has 0 amide bonds. The van der Waals surface area contributed by atoms with Gasteiger partial charge in [0.25, 0.3) is 0 Å². The van der Waals surface area contributed by atoms with Crippen molar-refractivity contribution in [3.8, 4) is 11.5 Å². The fraction of sp³-hybridized carbons (Fsp3) is 0.333. The number of nitrogens with two attached hydrogens (primary N) is 1. The maximum Gasteiger partial charge on any atom is 0.338 e. The molecule has 1 aromatic rings. The summed E-state index contributed by atoms with van der Waals surface area (Å²) in [5.41, 5.74) is 6.21. The third-order valence-corrected chi connectivity index (χ3v) is 2.56. The first kappa shape index (κ1) is 15.1. The van der Waals surface area contributed by atoms with Crippen molar-refractivity contribution < 1.29 is 19.0 Å². The van der Waals surface area contributed by atoms with Gasteiger partial charge in [-0.3, -0.25) is 0 Å². The van der Waals surface area contributed by atoms with Crippen molar-refractivity contribution in [2.75, 3.05) is 27.2 Å². The maximum atomic E-state index is 11.6. The predicted molar refractivity (Wildman–Crippen MR) is 72.9 cm³/mol. The molecule has 0 radical (unpaired) electrons. The number of hydrogen-bond donors (Lipinski definition) is 1. The molecular formula is C12H15ClN2O4. The summed E-state index contributed by atoms with van der Waals surface area (Å²) in [5.74, 6) is 0.467. The second kappa shape index (κ2) is 6.84. The topological polar surface area (TPSA) is 83.1 Å². The molecule has 0 unspecified atom stereocenters. The number of nitrogens with zero attached hydrogens (tertiary/aromatic N) is 1. The van der Waals surface area contributed by atoms with Gasteiger partial charge in [0.2, 0.25) is 0 Å². The first-order valence-electron chi connectivity index (χ1n) is 5.30. The molecule has 0 aliphatic rings. The number of benzene rings is 1. The smallest absolute Gasteiger partial charge is 0.338 e. The van der Waals surface area contributed by atoms with E-state index in [-0.39, 0.29) is 17.3 Å². The van der Waals surface area contributed by atoms with Crippen molar-refractivity contribution in [3.05, 3.63) is 17.7 Å². The Bertz CT molecular complexity index is 503. The van der Waals surface area contributed by atoms with Gasteiger partial charge in [-0.25, -0.2) is 9.79 Å². The first-order valence-corrected chi connectivity index (χ1v) is 5.84. The van der Waals surface area contributed by atoms with Gasteiger partial charge in [-0.2, -0.15) is 0 Å². The molecule has 1 aromatic carbocycles. The Balaban J connectivity index is 3.44. The number of alkyl halides is 1. The molecule has 0 heterocycles. The average molecular weight is 287 g/mol. The van der Waals surface area contributed by atoms with Crippen LogP contribution in [0.25, 0.3) is 0 Å². The van der Waals surface area contributed by atoms with Gasteiger partial charge < -0.3 is 19.9 Å². The summed E-state index contributed by atoms with van der Waals surface area (Å²) in [5, 5.41) is 0. The molecule has 0 aliphatic heterocycles. The molecule has 0 atom stereocenters. The number of halogens is 1. The minimum Gasteiger partial charge on any atom is -0.493 e. The second-order valence-corrected chi connectivity index (χ2v) is 3.73. The van der Waals surface area contributed by atoms with Crippen LogP contribution in [0.4, 0.5) is 5.69 Å². The zero-order valence-electron chi connectivity index (χ0n) is 10.9. The summed E-state index contributed by atoms with van der Waals surface area (Å²) in [6.45, 7) is 0. The Morgan fingerprint density at radius 1 is 1.32 bits per heavy atom. The number of amidine groups is 1. The second-order valence-electron chi connectivity index (χ2n) is 3.46. The number of carbonyl (C=O) groups is 1. The van der Waals surface area contributed by atoms with Crippen LogP contribution in [0.2, 0.25) is 0 Å². The predicted octanol–water partition coefficient (Wildman–Crippen LogP) is 1.72. The van der Waals surface area contributed by atoms with E-state index in [1.165, 1.54) is 33.5 Å². The molecule has 2 N–H and O–H groups in total. The Morgan fingerprint density at radius 3 is 2.47 bits per heavy atom. The monoisotopic (exact) mass is 286 g/mol. The van der Waals surface area contributed by atoms with E-state index in [1.54, 1.807) is 0 Å². The van der Waals surface area contributed by atoms with Gasteiger partial charge in [-0.1, -0.05) is 0 Å². The van der Waals surface area contributed by atoms with E-state index in [0.29, 0.717) is 17.2 Å². The molecule has 0 spiro atoms. The van der Waals surface area contributed by atoms with Gasteiger partial charge in [0.1, 0.15) is 11.5 Å². The number of aliphatic imine (C=N–C) groups is 1. The minimum absolute atomic E-state index is 0.0634. The van der Waals surface area contributed by atoms with Crippen LogP contribution >= 0.6 is 11.6 Å². The highest BCUT2D eigenvalue weighted by Gasteiger charge is 2.16. The van der Waals surface area contributed by atoms with Crippen molar-refractivity contribution in [3.63, 3.8) is 0 Å². The Hall–Kier alpha value is -1.95. The van der Waals surface area contributed by atoms with Gasteiger partial charge >= 0.3 is 5.97 Å². The fourth-order valence-corrected chi connectivity index (χ4v) is 1.51. The summed E-state index contributed by atoms with van der Waals surface area (Å²) in [4.78, 5) is 15.6. The summed E-state index contributed by atoms with van der Waals surface area (Å²) in [6, 6.07) is 2.99. The lowest BCUT2D eigenvalue weighted by molar-refractivity contribution is 0.0600. The van der Waals surface area contributed by atoms with Crippen LogP contribution in [0.5, 0.6) is 11.5 Å². The van der Waals surface area contributed by atoms with Gasteiger partial charge in [0.05, 0.1) is 32.8 Å². The molecule has 19 heavy (non-hydrogen) atoms. The van der Waals surface area contributed by atoms with Crippen molar-refractivity contribution in [1.29, 1.82) is 0 Å². The molecule has 6 nitrogen and oxygen atoms in total. The summed E-state index contributed by atoms with van der Waals surface area (Å²) in [7, 11) is 4.21. The maximum absolute atomic E-state index is 11.6. The van der Waals surface area contributed by atoms with Crippen molar-refractivity contribution in [1.82, 2.24) is 0 Å². The number of esters is 1. The van der Waals surface area contributed by atoms with Crippen LogP contribution in [0.15, 0.2) is 17.1 Å². The van der Waals surface area contributed by atoms with Crippen molar-refractivity contribution in [2.24, 2.45) is 10.7 Å². The highest BCUT2D eigenvalue weighted by Crippen LogP contribution is 2.38. The van der Waals surface area contributed by atoms with Gasteiger partial charge in [-0.15, -0.1) is 11.6 Å². The van der Waals surface area contributed by atoms with E-state index >= 15 is 0 Å². The van der Waals surface area contributed by atoms with Gasteiger partial charge in [0, 0.05) is 0 Å². The minimum atomic E-state index is -0.512. The van der Waals surface area contributed by atoms with Crippen molar-refractivity contribution in [2.45, 2.75) is 0 Å². The number of carbonyl (C=O) groups excluding carboxylic acids is 1. The van der Waals surface area contributed by atoms with E-state index < -0.39 is 5.97 Å². The molecule has 7 heteroatoms. The number of hydrogen-bond acceptors (Lipinski definition) is 5. The van der Waals surface area contributed by atoms with Gasteiger partial charge in [0.15, 0.2) is 11.5 Å². The zero-order chi connectivity index (χ0) is 14.4. The van der Waals surface area contributed by atoms with Crippen LogP contribution in [-0.2, 0) is 4.74 Å². The third kappa shape index (κ3) is 3.51. The lowest BCUT2D eigenvalue weighted by Crippen LogP contribution is -2.12. The molecule has 0 fully saturated rings. The van der Waals surface area contributed by atoms with E-state index in [1.807, 2.05) is 0 Å². The van der Waals surface area contributed by atoms with Crippen LogP contribution in [0.3, 0.4) is 0 Å². The Morgan fingerprint density at radius 2 is 2.00 bits per heavy atom. The molecule has 0 aliphatic carbocycles. The molecule has 0 bridgehead atoms. The highest BCUT2D eigenvalue weighted by atomic mass is 35.5. The fourth-order valence-electron chi connectivity index (χ4n) is 1.45. The normalized spacial score (nSPS) is 11.1. The Kier molecular flexibility index (Phi) is 5.44. The van der Waals surface area contributed by atoms with Crippen LogP contribution in [0.1, 0.15) is 10.4 Å². The van der Waals surface area contributed by atoms with Crippen molar-refractivity contribution >= 4 is 29.1 Å². The van der Waals surface area contributed by atoms with E-state index in [2.05, 4.69) is 9.73 Å². The van der Waals surface area contributed by atoms with E-state index in [4.69, 9.17) is 26.8 Å². The molecule has 104 valence electrons. The molecule has 0 saturated carbocycles. The average Bonchev–Trinajstić information content (AvgIpc) is 2.45.